The first-order valence-electron chi connectivity index (χ1n) is 8.66. The van der Waals surface area contributed by atoms with Crippen LogP contribution in [0.3, 0.4) is 0 Å². The Morgan fingerprint density at radius 3 is 2.33 bits per heavy atom. The Bertz CT molecular complexity index is 608. The van der Waals surface area contributed by atoms with Gasteiger partial charge in [-0.05, 0) is 31.0 Å². The molecule has 2 heterocycles. The smallest absolute Gasteiger partial charge is 0.246 e. The molecule has 4 rings (SSSR count). The number of benzene rings is 1. The molecule has 1 amide bonds. The van der Waals surface area contributed by atoms with Gasteiger partial charge in [-0.1, -0.05) is 50.1 Å². The van der Waals surface area contributed by atoms with Crippen molar-refractivity contribution in [2.45, 2.75) is 57.5 Å². The summed E-state index contributed by atoms with van der Waals surface area (Å²) < 4.78 is 4.94. The van der Waals surface area contributed by atoms with Crippen molar-refractivity contribution in [3.05, 3.63) is 29.4 Å². The normalized spacial score (nSPS) is 19.8. The van der Waals surface area contributed by atoms with Crippen molar-refractivity contribution in [1.29, 1.82) is 0 Å². The Kier molecular flexibility index (Phi) is 8.05. The van der Waals surface area contributed by atoms with Crippen molar-refractivity contribution in [1.82, 2.24) is 10.2 Å². The van der Waals surface area contributed by atoms with Crippen LogP contribution in [0.4, 0.5) is 0 Å². The van der Waals surface area contributed by atoms with Gasteiger partial charge in [0.1, 0.15) is 6.10 Å². The lowest BCUT2D eigenvalue weighted by molar-refractivity contribution is -0.126. The van der Waals surface area contributed by atoms with E-state index in [2.05, 4.69) is 10.2 Å². The monoisotopic (exact) mass is 351 g/mol. The average Bonchev–Trinajstić information content (AvgIpc) is 3.29. The number of aromatic nitrogens is 2. The Hall–Kier alpha value is -1.59. The standard InChI is InChI=1S/C7H5ClN2.C6H12.C5H9NO2/c8-6-1-2-7-5(3-6)4-9-10-7;1-2-4-6-5-3-1;6-5(7)4-2-1-3-8-4/h1-4H,(H,9,10);1-6H2;4H,1-3H2,(H2,6,7)/t;;4-/m..0/s1. The summed E-state index contributed by atoms with van der Waals surface area (Å²) in [6, 6.07) is 5.62. The van der Waals surface area contributed by atoms with E-state index in [1.165, 1.54) is 38.5 Å². The number of nitrogens with one attached hydrogen (secondary N) is 1. The van der Waals surface area contributed by atoms with Crippen molar-refractivity contribution in [3.63, 3.8) is 0 Å². The maximum atomic E-state index is 10.3. The molecule has 1 saturated carbocycles. The second-order valence-electron chi connectivity index (χ2n) is 6.13. The fraction of sp³-hybridized carbons (Fsp3) is 0.556. The van der Waals surface area contributed by atoms with Gasteiger partial charge in [0.05, 0.1) is 11.7 Å². The number of amides is 1. The number of halogens is 1. The van der Waals surface area contributed by atoms with Crippen LogP contribution in [0.1, 0.15) is 51.4 Å². The lowest BCUT2D eigenvalue weighted by Crippen LogP contribution is -2.27. The lowest BCUT2D eigenvalue weighted by Gasteiger charge is -2.05. The lowest BCUT2D eigenvalue weighted by atomic mass is 10.0. The fourth-order valence-corrected chi connectivity index (χ4v) is 2.96. The van der Waals surface area contributed by atoms with Crippen LogP contribution in [-0.4, -0.2) is 28.8 Å². The highest BCUT2D eigenvalue weighted by Gasteiger charge is 2.19. The van der Waals surface area contributed by atoms with Crippen LogP contribution >= 0.6 is 11.6 Å². The largest absolute Gasteiger partial charge is 0.368 e. The maximum absolute atomic E-state index is 10.3. The third-order valence-corrected chi connectivity index (χ3v) is 4.38. The first kappa shape index (κ1) is 18.7. The molecule has 2 fully saturated rings. The molecular formula is C18H26ClN3O2. The van der Waals surface area contributed by atoms with Crippen LogP contribution in [0.15, 0.2) is 24.4 Å². The van der Waals surface area contributed by atoms with Crippen molar-refractivity contribution < 1.29 is 9.53 Å². The second-order valence-corrected chi connectivity index (χ2v) is 6.56. The first-order valence-corrected chi connectivity index (χ1v) is 9.04. The predicted molar refractivity (Wildman–Crippen MR) is 97.0 cm³/mol. The van der Waals surface area contributed by atoms with E-state index in [-0.39, 0.29) is 12.0 Å². The average molecular weight is 352 g/mol. The molecule has 2 aromatic rings. The van der Waals surface area contributed by atoms with Gasteiger partial charge in [0, 0.05) is 17.0 Å². The molecular weight excluding hydrogens is 326 g/mol. The van der Waals surface area contributed by atoms with Gasteiger partial charge in [0.2, 0.25) is 5.91 Å². The van der Waals surface area contributed by atoms with Crippen LogP contribution in [0.5, 0.6) is 0 Å². The number of nitrogens with zero attached hydrogens (tertiary/aromatic N) is 1. The molecule has 0 bridgehead atoms. The minimum absolute atomic E-state index is 0.296. The van der Waals surface area contributed by atoms with E-state index in [9.17, 15) is 4.79 Å². The van der Waals surface area contributed by atoms with E-state index < -0.39 is 0 Å². The summed E-state index contributed by atoms with van der Waals surface area (Å²) in [6.45, 7) is 0.688. The van der Waals surface area contributed by atoms with Crippen LogP contribution in [0.2, 0.25) is 5.02 Å². The third kappa shape index (κ3) is 6.49. The number of fused-ring (bicyclic) bond motifs is 1. The van der Waals surface area contributed by atoms with Gasteiger partial charge in [-0.2, -0.15) is 5.10 Å². The molecule has 1 saturated heterocycles. The number of carbonyl (C=O) groups is 1. The molecule has 1 aromatic carbocycles. The quantitative estimate of drug-likeness (QED) is 0.807. The SMILES string of the molecule is C1CCCCC1.Clc1ccc2[nH]ncc2c1.NC(=O)[C@@H]1CCCO1. The van der Waals surface area contributed by atoms with E-state index >= 15 is 0 Å². The molecule has 2 aliphatic rings. The van der Waals surface area contributed by atoms with Crippen molar-refractivity contribution >= 4 is 28.4 Å². The van der Waals surface area contributed by atoms with E-state index in [4.69, 9.17) is 22.1 Å². The summed E-state index contributed by atoms with van der Waals surface area (Å²) in [5, 5.41) is 8.49. The van der Waals surface area contributed by atoms with Gasteiger partial charge in [0.25, 0.3) is 0 Å². The summed E-state index contributed by atoms with van der Waals surface area (Å²) in [5.41, 5.74) is 5.95. The molecule has 24 heavy (non-hydrogen) atoms. The Morgan fingerprint density at radius 2 is 1.83 bits per heavy atom. The molecule has 1 aromatic heterocycles. The molecule has 0 spiro atoms. The molecule has 1 atom stereocenters. The highest BCUT2D eigenvalue weighted by atomic mass is 35.5. The number of nitrogens with two attached hydrogens (primary N) is 1. The number of hydrogen-bond acceptors (Lipinski definition) is 3. The molecule has 1 aliphatic carbocycles. The zero-order valence-electron chi connectivity index (χ0n) is 14.0. The fourth-order valence-electron chi connectivity index (χ4n) is 2.78. The second kappa shape index (κ2) is 10.3. The minimum atomic E-state index is -0.331. The maximum Gasteiger partial charge on any atom is 0.246 e. The minimum Gasteiger partial charge on any atom is -0.368 e. The van der Waals surface area contributed by atoms with Gasteiger partial charge in [-0.15, -0.1) is 0 Å². The molecule has 0 unspecified atom stereocenters. The van der Waals surface area contributed by atoms with Crippen molar-refractivity contribution in [3.8, 4) is 0 Å². The van der Waals surface area contributed by atoms with E-state index in [1.54, 1.807) is 6.20 Å². The number of H-pyrrole nitrogens is 1. The van der Waals surface area contributed by atoms with Crippen LogP contribution in [-0.2, 0) is 9.53 Å². The van der Waals surface area contributed by atoms with Gasteiger partial charge < -0.3 is 10.5 Å². The van der Waals surface area contributed by atoms with Gasteiger partial charge in [-0.3, -0.25) is 9.89 Å². The molecule has 0 radical (unpaired) electrons. The zero-order valence-corrected chi connectivity index (χ0v) is 14.7. The highest BCUT2D eigenvalue weighted by molar-refractivity contribution is 6.31. The number of rotatable bonds is 1. The van der Waals surface area contributed by atoms with Gasteiger partial charge >= 0.3 is 0 Å². The van der Waals surface area contributed by atoms with E-state index in [1.807, 2.05) is 18.2 Å². The number of ether oxygens (including phenoxy) is 1. The summed E-state index contributed by atoms with van der Waals surface area (Å²) in [7, 11) is 0. The Morgan fingerprint density at radius 1 is 1.17 bits per heavy atom. The van der Waals surface area contributed by atoms with E-state index in [0.717, 1.165) is 28.8 Å². The summed E-state index contributed by atoms with van der Waals surface area (Å²) in [4.78, 5) is 10.3. The zero-order chi connectivity index (χ0) is 17.2. The topological polar surface area (TPSA) is 81.0 Å². The number of aromatic amines is 1. The van der Waals surface area contributed by atoms with Crippen LogP contribution in [0.25, 0.3) is 10.9 Å². The number of carbonyl (C=O) groups excluding carboxylic acids is 1. The van der Waals surface area contributed by atoms with E-state index in [0.29, 0.717) is 6.61 Å². The highest BCUT2D eigenvalue weighted by Crippen LogP contribution is 2.16. The predicted octanol–water partition coefficient (Wildman–Crippen LogP) is 4.21. The number of primary amides is 1. The van der Waals surface area contributed by atoms with Crippen LogP contribution < -0.4 is 5.73 Å². The number of hydrogen-bond donors (Lipinski definition) is 2. The van der Waals surface area contributed by atoms with Crippen molar-refractivity contribution in [2.75, 3.05) is 6.61 Å². The summed E-state index contributed by atoms with van der Waals surface area (Å²) in [6.07, 6.45) is 12.2. The van der Waals surface area contributed by atoms with Gasteiger partial charge in [-0.25, -0.2) is 0 Å². The molecule has 1 aliphatic heterocycles. The summed E-state index contributed by atoms with van der Waals surface area (Å²) in [5.74, 6) is -0.331. The summed E-state index contributed by atoms with van der Waals surface area (Å²) >= 11 is 5.73. The molecule has 3 N–H and O–H groups in total. The Labute approximate surface area is 147 Å². The third-order valence-electron chi connectivity index (χ3n) is 4.15. The van der Waals surface area contributed by atoms with Crippen molar-refractivity contribution in [2.24, 2.45) is 5.73 Å². The molecule has 132 valence electrons. The van der Waals surface area contributed by atoms with Gasteiger partial charge in [0.15, 0.2) is 0 Å². The van der Waals surface area contributed by atoms with Crippen LogP contribution in [0, 0.1) is 0 Å². The molecule has 5 nitrogen and oxygen atoms in total. The molecule has 6 heteroatoms. The Balaban J connectivity index is 0.000000135. The first-order chi connectivity index (χ1) is 11.7.